The average molecular weight is 323 g/mol. The normalized spacial score (nSPS) is 17.4. The number of hydrogen-bond donors (Lipinski definition) is 1. The van der Waals surface area contributed by atoms with Crippen LogP contribution < -0.4 is 0 Å². The van der Waals surface area contributed by atoms with Crippen molar-refractivity contribution in [2.24, 2.45) is 0 Å². The molecule has 1 atom stereocenters. The highest BCUT2D eigenvalue weighted by atomic mass is 16.5. The lowest BCUT2D eigenvalue weighted by Gasteiger charge is -2.20. The molecule has 4 rings (SSSR count). The van der Waals surface area contributed by atoms with Crippen LogP contribution in [0.15, 0.2) is 40.9 Å². The fraction of sp³-hybridized carbons (Fsp3) is 0.294. The van der Waals surface area contributed by atoms with E-state index in [0.717, 1.165) is 24.1 Å². The molecule has 3 aromatic rings. The number of likely N-dealkylation sites (tertiary alicyclic amines) is 1. The lowest BCUT2D eigenvalue weighted by Crippen LogP contribution is -2.31. The number of carbonyl (C=O) groups excluding carboxylic acids is 1. The molecule has 7 heteroatoms. The van der Waals surface area contributed by atoms with E-state index in [1.54, 1.807) is 17.9 Å². The lowest BCUT2D eigenvalue weighted by molar-refractivity contribution is 0.0704. The summed E-state index contributed by atoms with van der Waals surface area (Å²) >= 11 is 0. The molecule has 24 heavy (non-hydrogen) atoms. The Morgan fingerprint density at radius 3 is 2.92 bits per heavy atom. The molecule has 0 aliphatic carbocycles. The molecule has 0 saturated carbocycles. The van der Waals surface area contributed by atoms with Crippen molar-refractivity contribution in [1.29, 1.82) is 0 Å². The van der Waals surface area contributed by atoms with Crippen LogP contribution in [0.3, 0.4) is 0 Å². The van der Waals surface area contributed by atoms with Gasteiger partial charge in [-0.25, -0.2) is 0 Å². The number of nitrogens with zero attached hydrogens (tertiary/aromatic N) is 4. The van der Waals surface area contributed by atoms with Crippen LogP contribution in [0.25, 0.3) is 11.3 Å². The Morgan fingerprint density at radius 1 is 1.33 bits per heavy atom. The van der Waals surface area contributed by atoms with Crippen LogP contribution in [0.1, 0.15) is 41.1 Å². The van der Waals surface area contributed by atoms with Crippen molar-refractivity contribution in [1.82, 2.24) is 25.2 Å². The van der Waals surface area contributed by atoms with Gasteiger partial charge in [-0.05, 0) is 25.8 Å². The van der Waals surface area contributed by atoms with Gasteiger partial charge in [0.15, 0.2) is 5.82 Å². The Labute approximate surface area is 138 Å². The third kappa shape index (κ3) is 2.58. The predicted molar refractivity (Wildman–Crippen MR) is 86.1 cm³/mol. The predicted octanol–water partition coefficient (Wildman–Crippen LogP) is 2.75. The molecule has 1 aliphatic rings. The average Bonchev–Trinajstić information content (AvgIpc) is 3.35. The zero-order chi connectivity index (χ0) is 16.5. The molecule has 1 aromatic carbocycles. The van der Waals surface area contributed by atoms with Crippen LogP contribution in [0.5, 0.6) is 0 Å². The number of nitrogens with one attached hydrogen (secondary N) is 1. The number of aromatic nitrogens is 4. The zero-order valence-corrected chi connectivity index (χ0v) is 13.3. The molecule has 0 spiro atoms. The van der Waals surface area contributed by atoms with Crippen molar-refractivity contribution < 1.29 is 9.32 Å². The van der Waals surface area contributed by atoms with Crippen molar-refractivity contribution >= 4 is 5.91 Å². The lowest BCUT2D eigenvalue weighted by atomic mass is 10.1. The van der Waals surface area contributed by atoms with Gasteiger partial charge in [-0.2, -0.15) is 10.1 Å². The number of carbonyl (C=O) groups is 1. The molecule has 1 N–H and O–H groups in total. The first-order valence-corrected chi connectivity index (χ1v) is 7.94. The SMILES string of the molecule is Cc1noc([C@H]2CCCN2C(=O)c2cc(-c3ccccc3)n[nH]2)n1. The Balaban J connectivity index is 1.58. The van der Waals surface area contributed by atoms with E-state index in [0.29, 0.717) is 24.0 Å². The van der Waals surface area contributed by atoms with Gasteiger partial charge in [-0.3, -0.25) is 9.89 Å². The van der Waals surface area contributed by atoms with Crippen molar-refractivity contribution in [3.63, 3.8) is 0 Å². The summed E-state index contributed by atoms with van der Waals surface area (Å²) in [6.07, 6.45) is 1.74. The molecule has 0 radical (unpaired) electrons. The van der Waals surface area contributed by atoms with E-state index >= 15 is 0 Å². The summed E-state index contributed by atoms with van der Waals surface area (Å²) in [5.74, 6) is 0.987. The summed E-state index contributed by atoms with van der Waals surface area (Å²) in [5.41, 5.74) is 2.19. The summed E-state index contributed by atoms with van der Waals surface area (Å²) < 4.78 is 5.26. The van der Waals surface area contributed by atoms with Crippen LogP contribution in [-0.2, 0) is 0 Å². The second-order valence-electron chi connectivity index (χ2n) is 5.87. The highest BCUT2D eigenvalue weighted by Crippen LogP contribution is 2.32. The Morgan fingerprint density at radius 2 is 2.17 bits per heavy atom. The smallest absolute Gasteiger partial charge is 0.272 e. The molecule has 7 nitrogen and oxygen atoms in total. The maximum atomic E-state index is 12.8. The van der Waals surface area contributed by atoms with Crippen molar-refractivity contribution in [3.05, 3.63) is 53.8 Å². The number of benzene rings is 1. The Bertz CT molecular complexity index is 855. The van der Waals surface area contributed by atoms with Gasteiger partial charge >= 0.3 is 0 Å². The third-order valence-corrected chi connectivity index (χ3v) is 4.22. The fourth-order valence-electron chi connectivity index (χ4n) is 3.06. The van der Waals surface area contributed by atoms with E-state index in [-0.39, 0.29) is 11.9 Å². The van der Waals surface area contributed by atoms with Crippen LogP contribution in [0, 0.1) is 6.92 Å². The monoisotopic (exact) mass is 323 g/mol. The van der Waals surface area contributed by atoms with Crippen molar-refractivity contribution in [2.45, 2.75) is 25.8 Å². The van der Waals surface area contributed by atoms with Crippen LogP contribution in [0.2, 0.25) is 0 Å². The Hall–Kier alpha value is -2.96. The maximum Gasteiger partial charge on any atom is 0.272 e. The molecule has 0 unspecified atom stereocenters. The second-order valence-corrected chi connectivity index (χ2v) is 5.87. The summed E-state index contributed by atoms with van der Waals surface area (Å²) in [5, 5.41) is 10.9. The number of aryl methyl sites for hydroxylation is 1. The third-order valence-electron chi connectivity index (χ3n) is 4.22. The first-order valence-electron chi connectivity index (χ1n) is 7.94. The van der Waals surface area contributed by atoms with Gasteiger partial charge in [0.2, 0.25) is 5.89 Å². The minimum Gasteiger partial charge on any atom is -0.337 e. The van der Waals surface area contributed by atoms with E-state index in [1.165, 1.54) is 0 Å². The second kappa shape index (κ2) is 5.92. The quantitative estimate of drug-likeness (QED) is 0.800. The first-order chi connectivity index (χ1) is 11.7. The number of rotatable bonds is 3. The molecule has 1 saturated heterocycles. The molecule has 2 aromatic heterocycles. The van der Waals surface area contributed by atoms with Gasteiger partial charge in [0.1, 0.15) is 11.7 Å². The van der Waals surface area contributed by atoms with Gasteiger partial charge in [0.25, 0.3) is 5.91 Å². The van der Waals surface area contributed by atoms with Gasteiger partial charge in [-0.1, -0.05) is 35.5 Å². The fourth-order valence-corrected chi connectivity index (χ4v) is 3.06. The summed E-state index contributed by atoms with van der Waals surface area (Å²) in [6.45, 7) is 2.44. The maximum absolute atomic E-state index is 12.8. The van der Waals surface area contributed by atoms with E-state index in [1.807, 2.05) is 30.3 Å². The van der Waals surface area contributed by atoms with Gasteiger partial charge in [0.05, 0.1) is 5.69 Å². The number of hydrogen-bond acceptors (Lipinski definition) is 5. The van der Waals surface area contributed by atoms with Crippen molar-refractivity contribution in [2.75, 3.05) is 6.54 Å². The Kier molecular flexibility index (Phi) is 3.60. The van der Waals surface area contributed by atoms with E-state index in [2.05, 4.69) is 20.3 Å². The molecular weight excluding hydrogens is 306 g/mol. The van der Waals surface area contributed by atoms with Crippen molar-refractivity contribution in [3.8, 4) is 11.3 Å². The highest BCUT2D eigenvalue weighted by Gasteiger charge is 2.35. The standard InChI is InChI=1S/C17H17N5O2/c1-11-18-16(24-21-11)15-8-5-9-22(15)17(23)14-10-13(19-20-14)12-6-3-2-4-7-12/h2-4,6-7,10,15H,5,8-9H2,1H3,(H,19,20)/t15-/m1/s1. The molecule has 1 fully saturated rings. The molecule has 1 amide bonds. The van der Waals surface area contributed by atoms with Gasteiger partial charge in [-0.15, -0.1) is 0 Å². The topological polar surface area (TPSA) is 87.9 Å². The van der Waals surface area contributed by atoms with E-state index < -0.39 is 0 Å². The van der Waals surface area contributed by atoms with Gasteiger partial charge < -0.3 is 9.42 Å². The van der Waals surface area contributed by atoms with E-state index in [9.17, 15) is 4.79 Å². The number of aromatic amines is 1. The highest BCUT2D eigenvalue weighted by molar-refractivity contribution is 5.93. The largest absolute Gasteiger partial charge is 0.337 e. The minimum absolute atomic E-state index is 0.0944. The van der Waals surface area contributed by atoms with Crippen LogP contribution in [0.4, 0.5) is 0 Å². The van der Waals surface area contributed by atoms with Crippen LogP contribution >= 0.6 is 0 Å². The number of H-pyrrole nitrogens is 1. The minimum atomic E-state index is -0.165. The first kappa shape index (κ1) is 14.6. The molecule has 122 valence electrons. The number of amides is 1. The zero-order valence-electron chi connectivity index (χ0n) is 13.3. The molecule has 1 aliphatic heterocycles. The van der Waals surface area contributed by atoms with Gasteiger partial charge in [0, 0.05) is 12.1 Å². The van der Waals surface area contributed by atoms with E-state index in [4.69, 9.17) is 4.52 Å². The summed E-state index contributed by atoms with van der Waals surface area (Å²) in [4.78, 5) is 18.9. The molecular formula is C17H17N5O2. The summed E-state index contributed by atoms with van der Waals surface area (Å²) in [7, 11) is 0. The van der Waals surface area contributed by atoms with Crippen LogP contribution in [-0.4, -0.2) is 37.7 Å². The molecule has 0 bridgehead atoms. The molecule has 3 heterocycles. The summed E-state index contributed by atoms with van der Waals surface area (Å²) in [6, 6.07) is 11.4.